The second kappa shape index (κ2) is 10.1. The molecule has 2 heterocycles. The van der Waals surface area contributed by atoms with E-state index in [-0.39, 0.29) is 25.9 Å². The lowest BCUT2D eigenvalue weighted by molar-refractivity contribution is -0.174. The highest BCUT2D eigenvalue weighted by atomic mass is 19.4. The number of imidazole rings is 1. The van der Waals surface area contributed by atoms with Gasteiger partial charge in [-0.1, -0.05) is 13.3 Å². The lowest BCUT2D eigenvalue weighted by atomic mass is 9.97. The topological polar surface area (TPSA) is 85.3 Å². The molecule has 3 N–H and O–H groups in total. The monoisotopic (exact) mass is 435 g/mol. The van der Waals surface area contributed by atoms with Gasteiger partial charge in [0, 0.05) is 32.4 Å². The molecule has 1 saturated carbocycles. The van der Waals surface area contributed by atoms with Gasteiger partial charge in [-0.05, 0) is 24.5 Å². The Bertz CT molecular complexity index is 828. The highest BCUT2D eigenvalue weighted by molar-refractivity contribution is 5.76. The molecule has 1 fully saturated rings. The first-order chi connectivity index (χ1) is 14.0. The van der Waals surface area contributed by atoms with Crippen LogP contribution in [0.15, 0.2) is 18.5 Å². The van der Waals surface area contributed by atoms with Gasteiger partial charge in [0.1, 0.15) is 0 Å². The molecule has 6 nitrogen and oxygen atoms in total. The van der Waals surface area contributed by atoms with E-state index in [0.717, 1.165) is 13.3 Å². The first-order valence-electron chi connectivity index (χ1n) is 9.74. The van der Waals surface area contributed by atoms with Crippen molar-refractivity contribution < 1.29 is 26.7 Å². The fraction of sp³-hybridized carbons (Fsp3) is 0.632. The number of nitrogens with two attached hydrogens (primary N) is 1. The number of hydrogen-bond acceptors (Lipinski definition) is 4. The van der Waals surface area contributed by atoms with Crippen molar-refractivity contribution in [2.45, 2.75) is 70.6 Å². The van der Waals surface area contributed by atoms with Crippen LogP contribution in [0.1, 0.15) is 56.7 Å². The molecule has 0 saturated heterocycles. The number of nitrogens with zero attached hydrogens (tertiary/aromatic N) is 3. The van der Waals surface area contributed by atoms with Crippen LogP contribution in [-0.4, -0.2) is 32.6 Å². The van der Waals surface area contributed by atoms with Crippen LogP contribution >= 0.6 is 0 Å². The summed E-state index contributed by atoms with van der Waals surface area (Å²) < 4.78 is 63.1. The second-order valence-corrected chi connectivity index (χ2v) is 7.44. The van der Waals surface area contributed by atoms with Crippen LogP contribution in [0.4, 0.5) is 22.0 Å². The van der Waals surface area contributed by atoms with Crippen LogP contribution in [-0.2, 0) is 17.9 Å². The van der Waals surface area contributed by atoms with Gasteiger partial charge < -0.3 is 11.1 Å². The summed E-state index contributed by atoms with van der Waals surface area (Å²) in [7, 11) is 0. The van der Waals surface area contributed by atoms with Crippen LogP contribution in [0, 0.1) is 5.92 Å². The molecule has 2 aromatic rings. The van der Waals surface area contributed by atoms with Gasteiger partial charge in [0.05, 0.1) is 24.0 Å². The van der Waals surface area contributed by atoms with Crippen molar-refractivity contribution in [2.24, 2.45) is 11.7 Å². The molecular weight excluding hydrogens is 409 g/mol. The summed E-state index contributed by atoms with van der Waals surface area (Å²) in [6, 6.07) is 1.69. The molecule has 0 bridgehead atoms. The van der Waals surface area contributed by atoms with Crippen molar-refractivity contribution in [2.75, 3.05) is 0 Å². The Labute approximate surface area is 171 Å². The van der Waals surface area contributed by atoms with Crippen LogP contribution in [0.5, 0.6) is 0 Å². The molecule has 30 heavy (non-hydrogen) atoms. The van der Waals surface area contributed by atoms with E-state index < -0.39 is 30.3 Å². The minimum absolute atomic E-state index is 0.0950. The van der Waals surface area contributed by atoms with Crippen LogP contribution in [0.2, 0.25) is 0 Å². The minimum atomic E-state index is -4.37. The Kier molecular flexibility index (Phi) is 8.10. The quantitative estimate of drug-likeness (QED) is 0.696. The molecule has 0 radical (unpaired) electrons. The summed E-state index contributed by atoms with van der Waals surface area (Å²) in [4.78, 5) is 15.7. The van der Waals surface area contributed by atoms with Crippen LogP contribution in [0.3, 0.4) is 0 Å². The van der Waals surface area contributed by atoms with Gasteiger partial charge in [0.15, 0.2) is 5.65 Å². The van der Waals surface area contributed by atoms with Gasteiger partial charge >= 0.3 is 6.18 Å². The van der Waals surface area contributed by atoms with Crippen molar-refractivity contribution in [3.8, 4) is 0 Å². The van der Waals surface area contributed by atoms with Crippen LogP contribution in [0.25, 0.3) is 5.65 Å². The first kappa shape index (κ1) is 24.0. The van der Waals surface area contributed by atoms with Gasteiger partial charge in [-0.2, -0.15) is 18.3 Å². The Balaban J connectivity index is 0.000000335. The summed E-state index contributed by atoms with van der Waals surface area (Å²) in [6.07, 6.45) is 0.896. The second-order valence-electron chi connectivity index (χ2n) is 7.44. The van der Waals surface area contributed by atoms with E-state index in [1.807, 2.05) is 0 Å². The van der Waals surface area contributed by atoms with E-state index in [2.05, 4.69) is 15.4 Å². The number of aromatic nitrogens is 3. The fourth-order valence-corrected chi connectivity index (χ4v) is 2.90. The third kappa shape index (κ3) is 7.51. The third-order valence-corrected chi connectivity index (χ3v) is 4.76. The zero-order valence-electron chi connectivity index (χ0n) is 16.7. The third-order valence-electron chi connectivity index (χ3n) is 4.76. The predicted molar refractivity (Wildman–Crippen MR) is 101 cm³/mol. The molecule has 168 valence electrons. The number of carbonyl (C=O) groups excluding carboxylic acids is 1. The van der Waals surface area contributed by atoms with E-state index in [1.165, 1.54) is 6.20 Å². The molecule has 11 heteroatoms. The molecule has 1 amide bonds. The standard InChI is InChI=1S/C13H16F3N5O.C6H10F2/c1-8(13(14,15)16)2-12(22)18-5-9-3-11-20-10(4-17)7-21(11)19-6-9;7-6(8)4-2-1-3-5-6/h3,6-8H,2,4-5,17H2,1H3,(H,18,22);1-5H2. The molecule has 1 aliphatic carbocycles. The van der Waals surface area contributed by atoms with Crippen molar-refractivity contribution >= 4 is 11.6 Å². The molecule has 1 atom stereocenters. The molecule has 3 rings (SSSR count). The number of carbonyl (C=O) groups is 1. The number of halogens is 5. The van der Waals surface area contributed by atoms with E-state index in [0.29, 0.717) is 29.7 Å². The molecule has 1 aliphatic rings. The van der Waals surface area contributed by atoms with E-state index in [9.17, 15) is 26.7 Å². The smallest absolute Gasteiger partial charge is 0.352 e. The van der Waals surface area contributed by atoms with Gasteiger partial charge in [0.2, 0.25) is 11.8 Å². The average Bonchev–Trinajstić information content (AvgIpc) is 3.08. The summed E-state index contributed by atoms with van der Waals surface area (Å²) in [5.41, 5.74) is 7.37. The zero-order valence-corrected chi connectivity index (χ0v) is 16.7. The molecular formula is C19H26F5N5O. The number of rotatable bonds is 5. The largest absolute Gasteiger partial charge is 0.392 e. The Morgan fingerprint density at radius 3 is 2.50 bits per heavy atom. The normalized spacial score (nSPS) is 17.2. The number of hydrogen-bond donors (Lipinski definition) is 2. The lowest BCUT2D eigenvalue weighted by Gasteiger charge is -2.20. The maximum absolute atomic E-state index is 12.4. The van der Waals surface area contributed by atoms with Crippen molar-refractivity contribution in [3.63, 3.8) is 0 Å². The van der Waals surface area contributed by atoms with Gasteiger partial charge in [-0.3, -0.25) is 4.79 Å². The maximum Gasteiger partial charge on any atom is 0.392 e. The summed E-state index contributed by atoms with van der Waals surface area (Å²) in [5, 5.41) is 6.54. The number of fused-ring (bicyclic) bond motifs is 1. The SMILES string of the molecule is CC(CC(=O)NCc1cnn2cc(CN)nc2c1)C(F)(F)F.FC1(F)CCCCC1. The number of amides is 1. The maximum atomic E-state index is 12.4. The van der Waals surface area contributed by atoms with E-state index >= 15 is 0 Å². The summed E-state index contributed by atoms with van der Waals surface area (Å²) in [6.45, 7) is 1.36. The Hall–Kier alpha value is -2.30. The molecule has 0 aliphatic heterocycles. The highest BCUT2D eigenvalue weighted by Crippen LogP contribution is 2.32. The zero-order chi connectivity index (χ0) is 22.4. The van der Waals surface area contributed by atoms with Gasteiger partial charge in [-0.15, -0.1) is 0 Å². The predicted octanol–water partition coefficient (Wildman–Crippen LogP) is 3.98. The number of alkyl halides is 5. The van der Waals surface area contributed by atoms with Crippen molar-refractivity contribution in [1.82, 2.24) is 19.9 Å². The van der Waals surface area contributed by atoms with Gasteiger partial charge in [0.25, 0.3) is 0 Å². The van der Waals surface area contributed by atoms with Crippen molar-refractivity contribution in [1.29, 1.82) is 0 Å². The molecule has 2 aromatic heterocycles. The Morgan fingerprint density at radius 2 is 1.97 bits per heavy atom. The highest BCUT2D eigenvalue weighted by Gasteiger charge is 2.37. The van der Waals surface area contributed by atoms with Gasteiger partial charge in [-0.25, -0.2) is 18.3 Å². The van der Waals surface area contributed by atoms with Crippen LogP contribution < -0.4 is 11.1 Å². The summed E-state index contributed by atoms with van der Waals surface area (Å²) in [5.74, 6) is -4.65. The van der Waals surface area contributed by atoms with E-state index in [1.54, 1.807) is 16.8 Å². The molecule has 0 spiro atoms. The first-order valence-corrected chi connectivity index (χ1v) is 9.74. The lowest BCUT2D eigenvalue weighted by Crippen LogP contribution is -2.29. The average molecular weight is 435 g/mol. The van der Waals surface area contributed by atoms with E-state index in [4.69, 9.17) is 5.73 Å². The molecule has 0 aromatic carbocycles. The molecule has 1 unspecified atom stereocenters. The number of nitrogens with one attached hydrogen (secondary N) is 1. The van der Waals surface area contributed by atoms with Crippen molar-refractivity contribution in [3.05, 3.63) is 29.7 Å². The minimum Gasteiger partial charge on any atom is -0.352 e. The Morgan fingerprint density at radius 1 is 1.30 bits per heavy atom. The summed E-state index contributed by atoms with van der Waals surface area (Å²) >= 11 is 0. The fourth-order valence-electron chi connectivity index (χ4n) is 2.90.